The fraction of sp³-hybridized carbons (Fsp3) is 0.286. The van der Waals surface area contributed by atoms with E-state index in [1.807, 2.05) is 0 Å². The lowest BCUT2D eigenvalue weighted by molar-refractivity contribution is -0.116. The van der Waals surface area contributed by atoms with Crippen molar-refractivity contribution in [2.45, 2.75) is 25.8 Å². The smallest absolute Gasteiger partial charge is 0.314 e. The molecule has 0 aliphatic carbocycles. The number of amides is 3. The molecule has 0 spiro atoms. The van der Waals surface area contributed by atoms with Crippen molar-refractivity contribution in [3.05, 3.63) is 89.5 Å². The van der Waals surface area contributed by atoms with E-state index in [4.69, 9.17) is 0 Å². The molecule has 0 N–H and O–H groups in total. The molecule has 0 atom stereocenters. The van der Waals surface area contributed by atoms with Crippen LogP contribution in [0.4, 0.5) is 19.3 Å². The van der Waals surface area contributed by atoms with Gasteiger partial charge in [0.05, 0.1) is 5.69 Å². The lowest BCUT2D eigenvalue weighted by atomic mass is 10.0. The molecule has 2 aliphatic heterocycles. The number of urea groups is 1. The number of hydrogen-bond donors (Lipinski definition) is 0. The van der Waals surface area contributed by atoms with Crippen LogP contribution in [-0.4, -0.2) is 47.9 Å². The molecule has 7 heteroatoms. The Bertz CT molecular complexity index is 1220. The number of benzene rings is 3. The fourth-order valence-electron chi connectivity index (χ4n) is 4.77. The molecule has 0 radical (unpaired) electrons. The van der Waals surface area contributed by atoms with Crippen LogP contribution in [0.2, 0.25) is 0 Å². The summed E-state index contributed by atoms with van der Waals surface area (Å²) in [6.07, 6.45) is 3.21. The SMILES string of the molecule is O=C1CN(CCc2ccc(CN3CCCC3)cc2)C(=O)N1c1ccc(-c2ccc(F)cc2F)cc1. The summed E-state index contributed by atoms with van der Waals surface area (Å²) in [5, 5.41) is 0. The maximum absolute atomic E-state index is 14.1. The van der Waals surface area contributed by atoms with Crippen molar-refractivity contribution in [2.75, 3.05) is 31.1 Å². The second-order valence-electron chi connectivity index (χ2n) is 9.15. The number of carbonyl (C=O) groups excluding carboxylic acids is 2. The Morgan fingerprint density at radius 2 is 1.49 bits per heavy atom. The van der Waals surface area contributed by atoms with Gasteiger partial charge in [-0.3, -0.25) is 9.69 Å². The molecule has 0 bridgehead atoms. The Labute approximate surface area is 203 Å². The zero-order valence-electron chi connectivity index (χ0n) is 19.4. The lowest BCUT2D eigenvalue weighted by Gasteiger charge is -2.18. The van der Waals surface area contributed by atoms with Gasteiger partial charge >= 0.3 is 6.03 Å². The third-order valence-corrected chi connectivity index (χ3v) is 6.70. The Hall–Kier alpha value is -3.58. The van der Waals surface area contributed by atoms with Gasteiger partial charge in [-0.05, 0) is 73.3 Å². The minimum Gasteiger partial charge on any atom is -0.314 e. The number of likely N-dealkylation sites (tertiary alicyclic amines) is 1. The van der Waals surface area contributed by atoms with Crippen LogP contribution in [0.3, 0.4) is 0 Å². The number of rotatable bonds is 7. The monoisotopic (exact) mass is 475 g/mol. The van der Waals surface area contributed by atoms with E-state index in [-0.39, 0.29) is 24.0 Å². The van der Waals surface area contributed by atoms with Crippen molar-refractivity contribution in [1.82, 2.24) is 9.80 Å². The molecule has 180 valence electrons. The van der Waals surface area contributed by atoms with E-state index in [9.17, 15) is 18.4 Å². The summed E-state index contributed by atoms with van der Waals surface area (Å²) >= 11 is 0. The summed E-state index contributed by atoms with van der Waals surface area (Å²) in [7, 11) is 0. The van der Waals surface area contributed by atoms with Gasteiger partial charge in [0.1, 0.15) is 18.2 Å². The van der Waals surface area contributed by atoms with Gasteiger partial charge in [0, 0.05) is 24.7 Å². The lowest BCUT2D eigenvalue weighted by Crippen LogP contribution is -2.34. The molecular formula is C28H27F2N3O2. The van der Waals surface area contributed by atoms with Crippen LogP contribution in [0, 0.1) is 11.6 Å². The fourth-order valence-corrected chi connectivity index (χ4v) is 4.77. The van der Waals surface area contributed by atoms with Crippen molar-refractivity contribution in [2.24, 2.45) is 0 Å². The van der Waals surface area contributed by atoms with Gasteiger partial charge in [-0.25, -0.2) is 18.5 Å². The van der Waals surface area contributed by atoms with Crippen LogP contribution in [0.1, 0.15) is 24.0 Å². The van der Waals surface area contributed by atoms with Gasteiger partial charge < -0.3 is 4.90 Å². The third kappa shape index (κ3) is 5.10. The Morgan fingerprint density at radius 1 is 0.800 bits per heavy atom. The Kier molecular flexibility index (Phi) is 6.59. The molecule has 3 amide bonds. The second kappa shape index (κ2) is 9.96. The minimum atomic E-state index is -0.665. The van der Waals surface area contributed by atoms with Crippen LogP contribution in [0.5, 0.6) is 0 Å². The number of imide groups is 1. The van der Waals surface area contributed by atoms with Crippen LogP contribution >= 0.6 is 0 Å². The zero-order chi connectivity index (χ0) is 24.4. The van der Waals surface area contributed by atoms with Gasteiger partial charge in [0.2, 0.25) is 0 Å². The molecule has 2 heterocycles. The predicted octanol–water partition coefficient (Wildman–Crippen LogP) is 5.24. The average molecular weight is 476 g/mol. The molecule has 5 nitrogen and oxygen atoms in total. The molecule has 5 rings (SSSR count). The van der Waals surface area contributed by atoms with Gasteiger partial charge in [-0.2, -0.15) is 0 Å². The molecule has 35 heavy (non-hydrogen) atoms. The summed E-state index contributed by atoms with van der Waals surface area (Å²) in [6.45, 7) is 3.77. The van der Waals surface area contributed by atoms with Crippen LogP contribution < -0.4 is 4.90 Å². The van der Waals surface area contributed by atoms with Crippen molar-refractivity contribution in [1.29, 1.82) is 0 Å². The first kappa shape index (κ1) is 23.2. The molecule has 0 aromatic heterocycles. The molecule has 2 fully saturated rings. The van der Waals surface area contributed by atoms with E-state index in [1.54, 1.807) is 29.2 Å². The summed E-state index contributed by atoms with van der Waals surface area (Å²) in [5.74, 6) is -1.60. The topological polar surface area (TPSA) is 43.9 Å². The largest absolute Gasteiger partial charge is 0.331 e. The summed E-state index contributed by atoms with van der Waals surface area (Å²) in [4.78, 5) is 30.7. The van der Waals surface area contributed by atoms with Gasteiger partial charge in [-0.15, -0.1) is 0 Å². The quantitative estimate of drug-likeness (QED) is 0.439. The van der Waals surface area contributed by atoms with Crippen molar-refractivity contribution in [3.63, 3.8) is 0 Å². The van der Waals surface area contributed by atoms with Crippen LogP contribution in [0.25, 0.3) is 11.1 Å². The maximum atomic E-state index is 14.1. The summed E-state index contributed by atoms with van der Waals surface area (Å²) < 4.78 is 27.3. The van der Waals surface area contributed by atoms with Gasteiger partial charge in [0.25, 0.3) is 5.91 Å². The molecule has 3 aromatic rings. The number of carbonyl (C=O) groups is 2. The minimum absolute atomic E-state index is 0.0280. The number of anilines is 1. The van der Waals surface area contributed by atoms with E-state index < -0.39 is 11.6 Å². The predicted molar refractivity (Wildman–Crippen MR) is 131 cm³/mol. The molecular weight excluding hydrogens is 448 g/mol. The molecule has 3 aromatic carbocycles. The van der Waals surface area contributed by atoms with Crippen molar-refractivity contribution < 1.29 is 18.4 Å². The van der Waals surface area contributed by atoms with Gasteiger partial charge in [0.15, 0.2) is 0 Å². The standard InChI is InChI=1S/C28H27F2N3O2/c29-23-9-12-25(26(30)17-23)22-7-10-24(11-8-22)33-27(34)19-32(28(33)35)16-13-20-3-5-21(6-4-20)18-31-14-1-2-15-31/h3-12,17H,1-2,13-16,18-19H2. The van der Waals surface area contributed by atoms with E-state index in [1.165, 1.54) is 30.5 Å². The third-order valence-electron chi connectivity index (χ3n) is 6.70. The number of halogens is 2. The van der Waals surface area contributed by atoms with Gasteiger partial charge in [-0.1, -0.05) is 36.4 Å². The Morgan fingerprint density at radius 3 is 2.17 bits per heavy atom. The van der Waals surface area contributed by atoms with Crippen molar-refractivity contribution >= 4 is 17.6 Å². The maximum Gasteiger partial charge on any atom is 0.331 e. The first-order chi connectivity index (χ1) is 17.0. The highest BCUT2D eigenvalue weighted by Gasteiger charge is 2.36. The number of nitrogens with zero attached hydrogens (tertiary/aromatic N) is 3. The summed E-state index contributed by atoms with van der Waals surface area (Å²) in [5.41, 5.74) is 3.64. The van der Waals surface area contributed by atoms with Crippen LogP contribution in [-0.2, 0) is 17.8 Å². The summed E-state index contributed by atoms with van der Waals surface area (Å²) in [6, 6.07) is 18.0. The van der Waals surface area contributed by atoms with E-state index in [0.717, 1.165) is 36.2 Å². The first-order valence-electron chi connectivity index (χ1n) is 12.0. The molecule has 2 saturated heterocycles. The Balaban J connectivity index is 1.20. The van der Waals surface area contributed by atoms with Crippen molar-refractivity contribution in [3.8, 4) is 11.1 Å². The average Bonchev–Trinajstić information content (AvgIpc) is 3.46. The van der Waals surface area contributed by atoms with E-state index in [2.05, 4.69) is 29.2 Å². The molecule has 2 aliphatic rings. The van der Waals surface area contributed by atoms with Crippen LogP contribution in [0.15, 0.2) is 66.7 Å². The molecule has 0 unspecified atom stereocenters. The number of hydrogen-bond acceptors (Lipinski definition) is 3. The first-order valence-corrected chi connectivity index (χ1v) is 12.0. The molecule has 0 saturated carbocycles. The van der Waals surface area contributed by atoms with E-state index >= 15 is 0 Å². The normalized spacial score (nSPS) is 16.5. The van der Waals surface area contributed by atoms with E-state index in [0.29, 0.717) is 24.2 Å². The highest BCUT2D eigenvalue weighted by molar-refractivity contribution is 6.19. The highest BCUT2D eigenvalue weighted by Crippen LogP contribution is 2.28. The zero-order valence-corrected chi connectivity index (χ0v) is 19.4. The highest BCUT2D eigenvalue weighted by atomic mass is 19.1. The second-order valence-corrected chi connectivity index (χ2v) is 9.15.